The van der Waals surface area contributed by atoms with Crippen LogP contribution in [-0.4, -0.2) is 115 Å². The summed E-state index contributed by atoms with van der Waals surface area (Å²) < 4.78 is 39.5. The zero-order valence-corrected chi connectivity index (χ0v) is 30.4. The van der Waals surface area contributed by atoms with E-state index in [9.17, 15) is 22.8 Å². The van der Waals surface area contributed by atoms with Crippen molar-refractivity contribution >= 4 is 44.4 Å². The van der Waals surface area contributed by atoms with E-state index in [0.717, 1.165) is 71.2 Å². The van der Waals surface area contributed by atoms with Crippen LogP contribution in [0.15, 0.2) is 33.5 Å². The molecular formula is C36H46N6O7S. The third kappa shape index (κ3) is 6.16. The van der Waals surface area contributed by atoms with Gasteiger partial charge in [0.05, 0.1) is 36.0 Å². The molecule has 1 saturated carbocycles. The second kappa shape index (κ2) is 13.0. The maximum atomic E-state index is 14.0. The second-order valence-corrected chi connectivity index (χ2v) is 16.4. The third-order valence-corrected chi connectivity index (χ3v) is 12.5. The highest BCUT2D eigenvalue weighted by Gasteiger charge is 2.46. The van der Waals surface area contributed by atoms with Crippen LogP contribution in [0.1, 0.15) is 49.4 Å². The summed E-state index contributed by atoms with van der Waals surface area (Å²) in [5.74, 6) is 0.0694. The first kappa shape index (κ1) is 34.5. The molecule has 4 aliphatic rings. The van der Waals surface area contributed by atoms with Crippen molar-refractivity contribution in [3.05, 3.63) is 68.1 Å². The van der Waals surface area contributed by atoms with Gasteiger partial charge in [0.2, 0.25) is 0 Å². The van der Waals surface area contributed by atoms with Gasteiger partial charge in [-0.1, -0.05) is 0 Å². The number of carbonyl (C=O) groups is 2. The van der Waals surface area contributed by atoms with Crippen molar-refractivity contribution in [2.45, 2.75) is 39.3 Å². The van der Waals surface area contributed by atoms with Crippen molar-refractivity contribution in [2.75, 3.05) is 83.9 Å². The van der Waals surface area contributed by atoms with Gasteiger partial charge in [-0.2, -0.15) is 12.7 Å². The molecule has 7 rings (SSSR count). The number of fused-ring (bicyclic) bond motifs is 4. The van der Waals surface area contributed by atoms with Crippen LogP contribution in [-0.2, 0) is 27.9 Å². The minimum absolute atomic E-state index is 0.107. The van der Waals surface area contributed by atoms with Gasteiger partial charge in [0.15, 0.2) is 0 Å². The summed E-state index contributed by atoms with van der Waals surface area (Å²) in [4.78, 5) is 49.2. The molecule has 50 heavy (non-hydrogen) atoms. The van der Waals surface area contributed by atoms with Crippen molar-refractivity contribution in [3.63, 3.8) is 0 Å². The van der Waals surface area contributed by atoms with Gasteiger partial charge in [-0.15, -0.1) is 0 Å². The first-order valence-electron chi connectivity index (χ1n) is 17.2. The lowest BCUT2D eigenvalue weighted by atomic mass is 9.92. The quantitative estimate of drug-likeness (QED) is 0.348. The molecule has 2 unspecified atom stereocenters. The Labute approximate surface area is 292 Å². The van der Waals surface area contributed by atoms with E-state index in [1.54, 1.807) is 24.1 Å². The molecule has 14 heteroatoms. The monoisotopic (exact) mass is 706 g/mol. The van der Waals surface area contributed by atoms with Crippen LogP contribution in [0.5, 0.6) is 0 Å². The molecule has 1 aliphatic carbocycles. The van der Waals surface area contributed by atoms with Gasteiger partial charge < -0.3 is 23.9 Å². The number of methoxy groups -OCH3 is 1. The predicted molar refractivity (Wildman–Crippen MR) is 191 cm³/mol. The largest absolute Gasteiger partial charge is 0.422 e. The standard InChI is InChI=1S/C36H46N6O7S/c1-21-13-30(40-12-11-39(5)26(18-40)20-48-6)22(2)33-32(21)27-9-10-41(19-29(27)36(45)49-33)35(44)23-7-8-28(34(43)37-50(46,47)38(3)4)31(15-23)42-16-24-14-25(24)17-42/h7-8,13,15,24-26H,9-12,14,16-20H2,1-6H3,(H,37,43)/t24?,25?,26-/m1/s1. The number of nitrogens with one attached hydrogen (secondary N) is 1. The number of rotatable bonds is 8. The summed E-state index contributed by atoms with van der Waals surface area (Å²) in [7, 11) is 2.52. The Morgan fingerprint density at radius 1 is 1.00 bits per heavy atom. The Balaban J connectivity index is 1.17. The summed E-state index contributed by atoms with van der Waals surface area (Å²) >= 11 is 0. The lowest BCUT2D eigenvalue weighted by Gasteiger charge is -2.41. The van der Waals surface area contributed by atoms with Crippen LogP contribution >= 0.6 is 0 Å². The summed E-state index contributed by atoms with van der Waals surface area (Å²) in [6, 6.07) is 7.22. The molecule has 2 aromatic carbocycles. The molecule has 2 saturated heterocycles. The molecule has 3 aliphatic heterocycles. The average Bonchev–Trinajstić information content (AvgIpc) is 3.70. The molecule has 0 bridgehead atoms. The first-order valence-corrected chi connectivity index (χ1v) is 18.7. The van der Waals surface area contributed by atoms with Crippen molar-refractivity contribution in [1.82, 2.24) is 18.8 Å². The molecule has 268 valence electrons. The Hall–Kier alpha value is -3.98. The molecule has 1 N–H and O–H groups in total. The molecule has 4 heterocycles. The number of benzene rings is 2. The van der Waals surface area contributed by atoms with Gasteiger partial charge in [0.25, 0.3) is 11.8 Å². The molecule has 3 fully saturated rings. The van der Waals surface area contributed by atoms with Gasteiger partial charge >= 0.3 is 15.8 Å². The molecule has 1 aromatic heterocycles. The third-order valence-electron chi connectivity index (χ3n) is 11.1. The lowest BCUT2D eigenvalue weighted by Crippen LogP contribution is -2.53. The van der Waals surface area contributed by atoms with Gasteiger partial charge in [-0.05, 0) is 81.0 Å². The van der Waals surface area contributed by atoms with Crippen LogP contribution < -0.4 is 20.1 Å². The summed E-state index contributed by atoms with van der Waals surface area (Å²) in [6.45, 7) is 9.28. The van der Waals surface area contributed by atoms with E-state index in [4.69, 9.17) is 9.15 Å². The Morgan fingerprint density at radius 2 is 1.74 bits per heavy atom. The fourth-order valence-electron chi connectivity index (χ4n) is 7.95. The van der Waals surface area contributed by atoms with Gasteiger partial charge in [-0.25, -0.2) is 9.52 Å². The number of piperidine rings is 1. The molecule has 3 atom stereocenters. The molecule has 0 radical (unpaired) electrons. The van der Waals surface area contributed by atoms with Crippen LogP contribution in [0.2, 0.25) is 0 Å². The number of hydrogen-bond donors (Lipinski definition) is 1. The molecular weight excluding hydrogens is 660 g/mol. The minimum atomic E-state index is -4.01. The number of hydrogen-bond acceptors (Lipinski definition) is 10. The van der Waals surface area contributed by atoms with E-state index in [-0.39, 0.29) is 24.1 Å². The molecule has 0 spiro atoms. The summed E-state index contributed by atoms with van der Waals surface area (Å²) in [5.41, 5.74) is 5.69. The van der Waals surface area contributed by atoms with E-state index < -0.39 is 21.7 Å². The number of piperazine rings is 1. The Bertz CT molecular complexity index is 2040. The number of aryl methyl sites for hydroxylation is 2. The smallest absolute Gasteiger partial charge is 0.341 e. The lowest BCUT2D eigenvalue weighted by molar-refractivity contribution is 0.0732. The SMILES string of the molecule is COC[C@H]1CN(c2cc(C)c3c4c(c(=O)oc3c2C)CN(C(=O)c2ccc(C(=O)NS(=O)(=O)N(C)C)c(N3CC5CC5C3)c2)CC4)CCN1C. The number of nitrogens with zero attached hydrogens (tertiary/aromatic N) is 5. The Kier molecular flexibility index (Phi) is 8.94. The topological polar surface area (TPSA) is 136 Å². The highest BCUT2D eigenvalue weighted by atomic mass is 32.2. The predicted octanol–water partition coefficient (Wildman–Crippen LogP) is 2.37. The molecule has 13 nitrogen and oxygen atoms in total. The zero-order chi connectivity index (χ0) is 35.6. The normalized spacial score (nSPS) is 22.2. The van der Waals surface area contributed by atoms with E-state index in [1.165, 1.54) is 20.2 Å². The van der Waals surface area contributed by atoms with E-state index in [2.05, 4.69) is 39.5 Å². The average molecular weight is 707 g/mol. The number of carbonyl (C=O) groups excluding carboxylic acids is 2. The maximum absolute atomic E-state index is 14.0. The number of ether oxygens (including phenoxy) is 1. The first-order chi connectivity index (χ1) is 23.8. The van der Waals surface area contributed by atoms with Crippen LogP contribution in [0.25, 0.3) is 11.0 Å². The highest BCUT2D eigenvalue weighted by Crippen LogP contribution is 2.47. The molecule has 3 aromatic rings. The van der Waals surface area contributed by atoms with Crippen molar-refractivity contribution in [2.24, 2.45) is 11.8 Å². The van der Waals surface area contributed by atoms with Gasteiger partial charge in [-0.3, -0.25) is 14.5 Å². The summed E-state index contributed by atoms with van der Waals surface area (Å²) in [5, 5.41) is 0.938. The van der Waals surface area contributed by atoms with Crippen molar-refractivity contribution in [1.29, 1.82) is 0 Å². The molecule has 2 amide bonds. The van der Waals surface area contributed by atoms with E-state index in [1.807, 2.05) is 6.92 Å². The summed E-state index contributed by atoms with van der Waals surface area (Å²) in [6.07, 6.45) is 1.64. The second-order valence-electron chi connectivity index (χ2n) is 14.5. The van der Waals surface area contributed by atoms with Crippen LogP contribution in [0.3, 0.4) is 0 Å². The highest BCUT2D eigenvalue weighted by molar-refractivity contribution is 7.87. The fraction of sp³-hybridized carbons (Fsp3) is 0.528. The van der Waals surface area contributed by atoms with E-state index >= 15 is 0 Å². The fourth-order valence-corrected chi connectivity index (χ4v) is 8.48. The van der Waals surface area contributed by atoms with E-state index in [0.29, 0.717) is 53.8 Å². The Morgan fingerprint density at radius 3 is 2.44 bits per heavy atom. The zero-order valence-electron chi connectivity index (χ0n) is 29.6. The maximum Gasteiger partial charge on any atom is 0.341 e. The van der Waals surface area contributed by atoms with Crippen molar-refractivity contribution < 1.29 is 27.2 Å². The minimum Gasteiger partial charge on any atom is -0.422 e. The number of anilines is 2. The number of amides is 2. The van der Waals surface area contributed by atoms with Gasteiger partial charge in [0.1, 0.15) is 5.58 Å². The van der Waals surface area contributed by atoms with Gasteiger partial charge in [0, 0.05) is 82.7 Å². The number of likely N-dealkylation sites (N-methyl/N-ethyl adjacent to an activating group) is 1. The van der Waals surface area contributed by atoms with Crippen molar-refractivity contribution in [3.8, 4) is 0 Å². The van der Waals surface area contributed by atoms with Crippen LogP contribution in [0.4, 0.5) is 11.4 Å². The van der Waals surface area contributed by atoms with Crippen LogP contribution in [0, 0.1) is 25.7 Å².